The van der Waals surface area contributed by atoms with Gasteiger partial charge >= 0.3 is 0 Å². The molecule has 0 aliphatic carbocycles. The zero-order chi connectivity index (χ0) is 13.7. The Labute approximate surface area is 130 Å². The van der Waals surface area contributed by atoms with E-state index in [0.717, 1.165) is 42.8 Å². The summed E-state index contributed by atoms with van der Waals surface area (Å²) in [5.74, 6) is 1.09. The van der Waals surface area contributed by atoms with Crippen molar-refractivity contribution in [3.63, 3.8) is 0 Å². The fourth-order valence-electron chi connectivity index (χ4n) is 2.01. The normalized spacial score (nSPS) is 11.5. The van der Waals surface area contributed by atoms with Gasteiger partial charge in [-0.1, -0.05) is 11.6 Å². The van der Waals surface area contributed by atoms with Gasteiger partial charge in [0.15, 0.2) is 0 Å². The molecule has 0 radical (unpaired) electrons. The van der Waals surface area contributed by atoms with Crippen molar-refractivity contribution >= 4 is 66.3 Å². The molecule has 3 heterocycles. The molecule has 100 valence electrons. The standard InChI is InChI=1S/C12H6ClN3OS3/c1-5-14-9-8(19-5)4-7(6-2-3-18-10(6)9)17-12-11(13)15-20-16-12/h2-4H,1H3. The highest BCUT2D eigenvalue weighted by Crippen LogP contribution is 2.41. The topological polar surface area (TPSA) is 47.9 Å². The van der Waals surface area contributed by atoms with E-state index in [1.807, 2.05) is 24.4 Å². The molecule has 1 aromatic carbocycles. The van der Waals surface area contributed by atoms with Gasteiger partial charge in [-0.3, -0.25) is 0 Å². The number of benzene rings is 1. The molecule has 0 unspecified atom stereocenters. The second-order valence-corrected chi connectivity index (χ2v) is 7.12. The van der Waals surface area contributed by atoms with E-state index in [9.17, 15) is 0 Å². The first-order valence-corrected chi connectivity index (χ1v) is 8.46. The molecule has 4 rings (SSSR count). The average molecular weight is 340 g/mol. The van der Waals surface area contributed by atoms with Gasteiger partial charge in [0.05, 0.1) is 31.7 Å². The first-order chi connectivity index (χ1) is 9.72. The number of thiazole rings is 1. The fourth-order valence-corrected chi connectivity index (χ4v) is 4.45. The minimum Gasteiger partial charge on any atom is -0.435 e. The van der Waals surface area contributed by atoms with Gasteiger partial charge in [-0.05, 0) is 18.4 Å². The predicted octanol–water partition coefficient (Wildman–Crippen LogP) is 5.12. The first-order valence-electron chi connectivity index (χ1n) is 5.65. The highest BCUT2D eigenvalue weighted by Gasteiger charge is 2.15. The van der Waals surface area contributed by atoms with Gasteiger partial charge in [-0.25, -0.2) is 4.98 Å². The molecule has 0 fully saturated rings. The molecule has 4 aromatic rings. The first kappa shape index (κ1) is 12.5. The maximum Gasteiger partial charge on any atom is 0.270 e. The summed E-state index contributed by atoms with van der Waals surface area (Å²) in [6, 6.07) is 4.02. The molecule has 3 aromatic heterocycles. The summed E-state index contributed by atoms with van der Waals surface area (Å²) in [6.45, 7) is 2.01. The SMILES string of the molecule is Cc1nc2c(cc(Oc3nsnc3Cl)c3ccsc32)s1. The molecule has 0 saturated heterocycles. The van der Waals surface area contributed by atoms with Crippen LogP contribution in [-0.4, -0.2) is 13.7 Å². The smallest absolute Gasteiger partial charge is 0.270 e. The second kappa shape index (κ2) is 4.63. The molecule has 0 amide bonds. The maximum absolute atomic E-state index is 5.94. The number of hydrogen-bond acceptors (Lipinski definition) is 7. The van der Waals surface area contributed by atoms with Crippen molar-refractivity contribution in [1.82, 2.24) is 13.7 Å². The number of nitrogens with zero attached hydrogens (tertiary/aromatic N) is 3. The number of hydrogen-bond donors (Lipinski definition) is 0. The predicted molar refractivity (Wildman–Crippen MR) is 84.7 cm³/mol. The Balaban J connectivity index is 1.96. The van der Waals surface area contributed by atoms with E-state index in [1.54, 1.807) is 22.7 Å². The fraction of sp³-hybridized carbons (Fsp3) is 0.0833. The van der Waals surface area contributed by atoms with Gasteiger partial charge < -0.3 is 4.74 Å². The Hall–Kier alpha value is -1.28. The molecule has 8 heteroatoms. The summed E-state index contributed by atoms with van der Waals surface area (Å²) >= 11 is 10.3. The molecular weight excluding hydrogens is 334 g/mol. The Bertz CT molecular complexity index is 927. The number of ether oxygens (including phenoxy) is 1. The minimum atomic E-state index is 0.291. The van der Waals surface area contributed by atoms with Crippen molar-refractivity contribution in [2.24, 2.45) is 0 Å². The van der Waals surface area contributed by atoms with Crippen molar-refractivity contribution in [2.45, 2.75) is 6.92 Å². The highest BCUT2D eigenvalue weighted by atomic mass is 35.5. The van der Waals surface area contributed by atoms with Gasteiger partial charge in [0.2, 0.25) is 5.15 Å². The largest absolute Gasteiger partial charge is 0.435 e. The molecular formula is C12H6ClN3OS3. The van der Waals surface area contributed by atoms with Crippen LogP contribution in [0, 0.1) is 6.92 Å². The number of halogens is 1. The van der Waals surface area contributed by atoms with Crippen molar-refractivity contribution in [2.75, 3.05) is 0 Å². The molecule has 0 saturated carbocycles. The molecule has 20 heavy (non-hydrogen) atoms. The van der Waals surface area contributed by atoms with Gasteiger partial charge in [0, 0.05) is 11.5 Å². The van der Waals surface area contributed by atoms with E-state index < -0.39 is 0 Å². The van der Waals surface area contributed by atoms with E-state index >= 15 is 0 Å². The van der Waals surface area contributed by atoms with Crippen LogP contribution in [0.1, 0.15) is 5.01 Å². The number of fused-ring (bicyclic) bond motifs is 3. The summed E-state index contributed by atoms with van der Waals surface area (Å²) in [6.07, 6.45) is 0. The maximum atomic E-state index is 5.94. The third-order valence-corrected chi connectivity index (χ3v) is 5.49. The van der Waals surface area contributed by atoms with Gasteiger partial charge in [0.25, 0.3) is 5.88 Å². The van der Waals surface area contributed by atoms with Crippen LogP contribution < -0.4 is 4.74 Å². The van der Waals surface area contributed by atoms with Crippen molar-refractivity contribution in [3.8, 4) is 11.6 Å². The van der Waals surface area contributed by atoms with Crippen LogP contribution in [0.4, 0.5) is 0 Å². The van der Waals surface area contributed by atoms with E-state index in [-0.39, 0.29) is 0 Å². The summed E-state index contributed by atoms with van der Waals surface area (Å²) < 4.78 is 16.0. The van der Waals surface area contributed by atoms with Crippen LogP contribution in [0.25, 0.3) is 20.3 Å². The van der Waals surface area contributed by atoms with Crippen molar-refractivity contribution in [1.29, 1.82) is 0 Å². The molecule has 0 atom stereocenters. The van der Waals surface area contributed by atoms with Crippen LogP contribution >= 0.6 is 46.0 Å². The molecule has 0 N–H and O–H groups in total. The van der Waals surface area contributed by atoms with Crippen LogP contribution in [-0.2, 0) is 0 Å². The zero-order valence-corrected chi connectivity index (χ0v) is 13.3. The summed E-state index contributed by atoms with van der Waals surface area (Å²) in [5.41, 5.74) is 1.03. The van der Waals surface area contributed by atoms with E-state index in [2.05, 4.69) is 13.7 Å². The van der Waals surface area contributed by atoms with E-state index in [0.29, 0.717) is 11.0 Å². The number of rotatable bonds is 2. The average Bonchev–Trinajstić information content (AvgIpc) is 3.09. The number of thiophene rings is 1. The monoisotopic (exact) mass is 339 g/mol. The van der Waals surface area contributed by atoms with Crippen LogP contribution in [0.2, 0.25) is 5.15 Å². The number of aromatic nitrogens is 3. The lowest BCUT2D eigenvalue weighted by Gasteiger charge is -2.04. The Morgan fingerprint density at radius 1 is 1.30 bits per heavy atom. The molecule has 4 nitrogen and oxygen atoms in total. The minimum absolute atomic E-state index is 0.291. The quantitative estimate of drug-likeness (QED) is 0.508. The summed E-state index contributed by atoms with van der Waals surface area (Å²) in [4.78, 5) is 4.59. The lowest BCUT2D eigenvalue weighted by molar-refractivity contribution is 0.474. The molecule has 0 aliphatic heterocycles. The summed E-state index contributed by atoms with van der Waals surface area (Å²) in [7, 11) is 0. The molecule has 0 spiro atoms. The third-order valence-electron chi connectivity index (χ3n) is 2.80. The van der Waals surface area contributed by atoms with Crippen molar-refractivity contribution < 1.29 is 4.74 Å². The lowest BCUT2D eigenvalue weighted by atomic mass is 10.2. The third kappa shape index (κ3) is 1.89. The van der Waals surface area contributed by atoms with E-state index in [4.69, 9.17) is 16.3 Å². The number of aryl methyl sites for hydroxylation is 1. The van der Waals surface area contributed by atoms with Gasteiger partial charge in [-0.2, -0.15) is 4.37 Å². The Morgan fingerprint density at radius 3 is 3.00 bits per heavy atom. The summed E-state index contributed by atoms with van der Waals surface area (Å²) in [5, 5.41) is 4.39. The molecule has 0 aliphatic rings. The Kier molecular flexibility index (Phi) is 2.88. The highest BCUT2D eigenvalue weighted by molar-refractivity contribution is 7.21. The van der Waals surface area contributed by atoms with E-state index in [1.165, 1.54) is 0 Å². The van der Waals surface area contributed by atoms with Gasteiger partial charge in [0.1, 0.15) is 5.75 Å². The van der Waals surface area contributed by atoms with Gasteiger partial charge in [-0.15, -0.1) is 27.0 Å². The van der Waals surface area contributed by atoms with Crippen LogP contribution in [0.3, 0.4) is 0 Å². The van der Waals surface area contributed by atoms with Crippen LogP contribution in [0.5, 0.6) is 11.6 Å². The Morgan fingerprint density at radius 2 is 2.20 bits per heavy atom. The van der Waals surface area contributed by atoms with Crippen LogP contribution in [0.15, 0.2) is 17.5 Å². The zero-order valence-electron chi connectivity index (χ0n) is 10.1. The lowest BCUT2D eigenvalue weighted by Crippen LogP contribution is -1.85. The molecule has 0 bridgehead atoms. The van der Waals surface area contributed by atoms with Crippen molar-refractivity contribution in [3.05, 3.63) is 27.7 Å². The second-order valence-electron chi connectivity index (χ2n) is 4.08.